The number of esters is 3. The molecule has 2 aromatic carbocycles. The first-order chi connectivity index (χ1) is 23.2. The second kappa shape index (κ2) is 22.4. The number of unbranched alkanes of at least 4 members (excludes halogenated alkanes) is 3. The van der Waals surface area contributed by atoms with Crippen molar-refractivity contribution in [3.05, 3.63) is 108 Å². The molecule has 256 valence electrons. The van der Waals surface area contributed by atoms with Crippen molar-refractivity contribution in [1.82, 2.24) is 10.2 Å². The third-order valence-electron chi connectivity index (χ3n) is 7.16. The second-order valence-corrected chi connectivity index (χ2v) is 10.9. The lowest BCUT2D eigenvalue weighted by atomic mass is 10.0. The average molecular weight is 659 g/mol. The number of Topliss-reactive ketones (excluding diaryl/α,β-unsaturated/α-hetero) is 1. The van der Waals surface area contributed by atoms with Crippen molar-refractivity contribution >= 4 is 23.7 Å². The molecule has 1 atom stereocenters. The summed E-state index contributed by atoms with van der Waals surface area (Å²) in [5, 5.41) is 8.06. The van der Waals surface area contributed by atoms with E-state index in [1.54, 1.807) is 37.3 Å². The van der Waals surface area contributed by atoms with Gasteiger partial charge in [0.15, 0.2) is 5.78 Å². The highest BCUT2D eigenvalue weighted by atomic mass is 16.5. The van der Waals surface area contributed by atoms with Crippen LogP contribution in [0.4, 0.5) is 0 Å². The summed E-state index contributed by atoms with van der Waals surface area (Å²) in [6.07, 6.45) is 8.61. The molecule has 10 nitrogen and oxygen atoms in total. The number of carbonyl (C=O) groups is 4. The van der Waals surface area contributed by atoms with Crippen LogP contribution in [0, 0.1) is 0 Å². The molecule has 0 fully saturated rings. The molecule has 0 aliphatic heterocycles. The summed E-state index contributed by atoms with van der Waals surface area (Å²) >= 11 is 0. The predicted octanol–water partition coefficient (Wildman–Crippen LogP) is 7.43. The molecule has 1 aromatic heterocycles. The van der Waals surface area contributed by atoms with Crippen molar-refractivity contribution < 1.29 is 38.1 Å². The van der Waals surface area contributed by atoms with Gasteiger partial charge >= 0.3 is 17.9 Å². The fraction of sp³-hybridized carbons (Fsp3) is 0.368. The minimum absolute atomic E-state index is 0.0931. The van der Waals surface area contributed by atoms with Gasteiger partial charge in [0.1, 0.15) is 5.75 Å². The fourth-order valence-corrected chi connectivity index (χ4v) is 4.07. The predicted molar refractivity (Wildman–Crippen MR) is 183 cm³/mol. The van der Waals surface area contributed by atoms with Gasteiger partial charge in [-0.05, 0) is 93.7 Å². The van der Waals surface area contributed by atoms with E-state index in [2.05, 4.69) is 37.2 Å². The van der Waals surface area contributed by atoms with Gasteiger partial charge in [-0.2, -0.15) is 5.10 Å². The van der Waals surface area contributed by atoms with Crippen molar-refractivity contribution in [1.29, 1.82) is 0 Å². The number of benzene rings is 2. The Hall–Kier alpha value is -5.12. The highest BCUT2D eigenvalue weighted by Gasteiger charge is 2.12. The number of aryl methyl sites for hydroxylation is 1. The molecule has 10 heteroatoms. The molecule has 0 aliphatic carbocycles. The van der Waals surface area contributed by atoms with E-state index < -0.39 is 11.9 Å². The molecule has 0 saturated heterocycles. The van der Waals surface area contributed by atoms with E-state index in [9.17, 15) is 19.2 Å². The lowest BCUT2D eigenvalue weighted by Gasteiger charge is -2.08. The molecular weight excluding hydrogens is 612 g/mol. The maximum Gasteiger partial charge on any atom is 0.344 e. The minimum Gasteiger partial charge on any atom is -0.494 e. The quantitative estimate of drug-likeness (QED) is 0.0555. The number of hydrogen-bond acceptors (Lipinski definition) is 10. The number of rotatable bonds is 19. The molecule has 0 saturated carbocycles. The lowest BCUT2D eigenvalue weighted by Crippen LogP contribution is -2.10. The van der Waals surface area contributed by atoms with E-state index in [-0.39, 0.29) is 17.6 Å². The van der Waals surface area contributed by atoms with Gasteiger partial charge in [-0.3, -0.25) is 4.79 Å². The number of carbonyl (C=O) groups excluding carboxylic acids is 4. The summed E-state index contributed by atoms with van der Waals surface area (Å²) in [6.45, 7) is 13.6. The lowest BCUT2D eigenvalue weighted by molar-refractivity contribution is -0.138. The summed E-state index contributed by atoms with van der Waals surface area (Å²) in [4.78, 5) is 45.0. The zero-order valence-electron chi connectivity index (χ0n) is 28.2. The minimum atomic E-state index is -0.508. The topological polar surface area (TPSA) is 131 Å². The van der Waals surface area contributed by atoms with Crippen molar-refractivity contribution in [2.45, 2.75) is 71.6 Å². The normalized spacial score (nSPS) is 10.8. The molecule has 1 heterocycles. The molecule has 0 amide bonds. The SMILES string of the molecule is C=CC(=O)OCCCCCc1ccc(C(C)=O)cc1.C=CC(=O)OCCCCOc1ccc(C(=O)Oc2ccc(C(C)CC)nn2)cc1. The van der Waals surface area contributed by atoms with Crippen LogP contribution in [0.5, 0.6) is 11.6 Å². The van der Waals surface area contributed by atoms with Crippen LogP contribution in [-0.2, 0) is 25.5 Å². The highest BCUT2D eigenvalue weighted by Crippen LogP contribution is 2.18. The van der Waals surface area contributed by atoms with Crippen LogP contribution < -0.4 is 9.47 Å². The number of aromatic nitrogens is 2. The first kappa shape index (κ1) is 39.1. The van der Waals surface area contributed by atoms with E-state index in [1.807, 2.05) is 30.3 Å². The maximum atomic E-state index is 12.2. The number of ether oxygens (including phenoxy) is 4. The van der Waals surface area contributed by atoms with Crippen molar-refractivity contribution in [3.8, 4) is 11.6 Å². The zero-order valence-corrected chi connectivity index (χ0v) is 28.2. The Kier molecular flexibility index (Phi) is 18.2. The summed E-state index contributed by atoms with van der Waals surface area (Å²) < 4.78 is 20.6. The van der Waals surface area contributed by atoms with Gasteiger partial charge in [-0.25, -0.2) is 14.4 Å². The first-order valence-corrected chi connectivity index (χ1v) is 16.1. The molecule has 3 rings (SSSR count). The summed E-state index contributed by atoms with van der Waals surface area (Å²) in [6, 6.07) is 17.8. The Bertz CT molecular complexity index is 1450. The molecule has 0 radical (unpaired) electrons. The van der Waals surface area contributed by atoms with Gasteiger partial charge in [0.25, 0.3) is 0 Å². The summed E-state index contributed by atoms with van der Waals surface area (Å²) in [5.74, 6) is -0.0868. The largest absolute Gasteiger partial charge is 0.494 e. The molecule has 0 spiro atoms. The second-order valence-electron chi connectivity index (χ2n) is 10.9. The van der Waals surface area contributed by atoms with Crippen LogP contribution in [0.15, 0.2) is 86.0 Å². The zero-order chi connectivity index (χ0) is 35.1. The standard InChI is InChI=1S/C22H26N2O5.C16H20O3/c1-4-16(3)19-12-13-20(24-23-19)29-22(26)17-8-10-18(11-9-17)27-14-6-7-15-28-21(25)5-2;1-3-16(18)19-12-6-4-5-7-14-8-10-15(11-9-14)13(2)17/h5,8-13,16H,2,4,6-7,14-15H2,1,3H3;3,8-11H,1,4-7,12H2,2H3. The summed E-state index contributed by atoms with van der Waals surface area (Å²) in [7, 11) is 0. The third kappa shape index (κ3) is 15.4. The maximum absolute atomic E-state index is 12.2. The van der Waals surface area contributed by atoms with Crippen LogP contribution in [0.3, 0.4) is 0 Å². The Labute approximate surface area is 283 Å². The van der Waals surface area contributed by atoms with E-state index in [1.165, 1.54) is 11.6 Å². The van der Waals surface area contributed by atoms with Gasteiger partial charge in [0.2, 0.25) is 5.88 Å². The van der Waals surface area contributed by atoms with E-state index in [0.717, 1.165) is 55.9 Å². The van der Waals surface area contributed by atoms with Crippen LogP contribution >= 0.6 is 0 Å². The van der Waals surface area contributed by atoms with Crippen molar-refractivity contribution in [2.24, 2.45) is 0 Å². The highest BCUT2D eigenvalue weighted by molar-refractivity contribution is 5.94. The number of hydrogen-bond donors (Lipinski definition) is 0. The molecule has 0 N–H and O–H groups in total. The van der Waals surface area contributed by atoms with Crippen LogP contribution in [0.2, 0.25) is 0 Å². The van der Waals surface area contributed by atoms with E-state index in [4.69, 9.17) is 18.9 Å². The monoisotopic (exact) mass is 658 g/mol. The summed E-state index contributed by atoms with van der Waals surface area (Å²) in [5.41, 5.74) is 3.24. The van der Waals surface area contributed by atoms with Crippen LogP contribution in [-0.4, -0.2) is 53.7 Å². The third-order valence-corrected chi connectivity index (χ3v) is 7.16. The van der Waals surface area contributed by atoms with E-state index >= 15 is 0 Å². The van der Waals surface area contributed by atoms with Gasteiger partial charge in [0.05, 0.1) is 31.1 Å². The van der Waals surface area contributed by atoms with Crippen molar-refractivity contribution in [3.63, 3.8) is 0 Å². The van der Waals surface area contributed by atoms with Gasteiger partial charge < -0.3 is 18.9 Å². The van der Waals surface area contributed by atoms with Gasteiger partial charge in [-0.1, -0.05) is 51.3 Å². The first-order valence-electron chi connectivity index (χ1n) is 16.1. The van der Waals surface area contributed by atoms with Gasteiger partial charge in [0, 0.05) is 23.8 Å². The van der Waals surface area contributed by atoms with Gasteiger partial charge in [-0.15, -0.1) is 5.10 Å². The number of nitrogens with zero attached hydrogens (tertiary/aromatic N) is 2. The number of ketones is 1. The average Bonchev–Trinajstić information content (AvgIpc) is 3.11. The molecule has 48 heavy (non-hydrogen) atoms. The Morgan fingerprint density at radius 1 is 0.729 bits per heavy atom. The van der Waals surface area contributed by atoms with Crippen LogP contribution in [0.25, 0.3) is 0 Å². The Morgan fingerprint density at radius 3 is 1.85 bits per heavy atom. The molecule has 0 bridgehead atoms. The molecular formula is C38H46N2O8. The molecule has 3 aromatic rings. The van der Waals surface area contributed by atoms with E-state index in [0.29, 0.717) is 43.5 Å². The molecule has 1 unspecified atom stereocenters. The Morgan fingerprint density at radius 2 is 1.31 bits per heavy atom. The smallest absolute Gasteiger partial charge is 0.344 e. The Balaban J connectivity index is 0.000000365. The molecule has 0 aliphatic rings. The fourth-order valence-electron chi connectivity index (χ4n) is 4.07. The van der Waals surface area contributed by atoms with Crippen molar-refractivity contribution in [2.75, 3.05) is 19.8 Å². The van der Waals surface area contributed by atoms with Crippen LogP contribution in [0.1, 0.15) is 97.2 Å².